The summed E-state index contributed by atoms with van der Waals surface area (Å²) in [5.74, 6) is -1.54. The fourth-order valence-corrected chi connectivity index (χ4v) is 4.14. The number of fused-ring (bicyclic) bond motifs is 1. The number of anilines is 1. The number of imidazole rings is 1. The van der Waals surface area contributed by atoms with Gasteiger partial charge in [0, 0.05) is 24.7 Å². The van der Waals surface area contributed by atoms with Crippen LogP contribution in [0.2, 0.25) is 0 Å². The summed E-state index contributed by atoms with van der Waals surface area (Å²) in [5, 5.41) is 2.67. The Bertz CT molecular complexity index is 1000. The van der Waals surface area contributed by atoms with E-state index in [9.17, 15) is 19.2 Å². The van der Waals surface area contributed by atoms with Crippen LogP contribution in [0.25, 0.3) is 11.0 Å². The maximum atomic E-state index is 12.5. The molecule has 1 aliphatic heterocycles. The Hall–Kier alpha value is -3.10. The van der Waals surface area contributed by atoms with Crippen LogP contribution in [-0.2, 0) is 19.1 Å². The molecule has 1 aromatic carbocycles. The molecule has 154 valence electrons. The first-order valence-corrected chi connectivity index (χ1v) is 9.93. The van der Waals surface area contributed by atoms with Gasteiger partial charge in [-0.2, -0.15) is 0 Å². The zero-order chi connectivity index (χ0) is 20.5. The van der Waals surface area contributed by atoms with Crippen molar-refractivity contribution in [1.82, 2.24) is 14.9 Å². The molecule has 2 aliphatic rings. The number of ether oxygens (including phenoxy) is 1. The number of hydrogen-bond acceptors (Lipinski definition) is 5. The van der Waals surface area contributed by atoms with Gasteiger partial charge in [-0.3, -0.25) is 14.4 Å². The van der Waals surface area contributed by atoms with Crippen LogP contribution in [0.3, 0.4) is 0 Å². The molecule has 1 saturated carbocycles. The van der Waals surface area contributed by atoms with Gasteiger partial charge in [0.05, 0.1) is 17.0 Å². The summed E-state index contributed by atoms with van der Waals surface area (Å²) >= 11 is 0. The van der Waals surface area contributed by atoms with E-state index in [1.807, 2.05) is 0 Å². The van der Waals surface area contributed by atoms with Gasteiger partial charge in [-0.05, 0) is 38.0 Å². The quantitative estimate of drug-likeness (QED) is 0.657. The van der Waals surface area contributed by atoms with E-state index >= 15 is 0 Å². The molecule has 2 atom stereocenters. The van der Waals surface area contributed by atoms with Gasteiger partial charge in [0.25, 0.3) is 5.91 Å². The topological polar surface area (TPSA) is 124 Å². The van der Waals surface area contributed by atoms with Gasteiger partial charge in [0.1, 0.15) is 0 Å². The third-order valence-electron chi connectivity index (χ3n) is 5.70. The molecule has 2 heterocycles. The lowest BCUT2D eigenvalue weighted by Gasteiger charge is -2.24. The van der Waals surface area contributed by atoms with Gasteiger partial charge in [-0.25, -0.2) is 4.79 Å². The average molecular weight is 400 g/mol. The first-order chi connectivity index (χ1) is 13.9. The number of amides is 2. The molecule has 9 nitrogen and oxygen atoms in total. The Labute approximate surface area is 166 Å². The summed E-state index contributed by atoms with van der Waals surface area (Å²) in [5.41, 5.74) is 1.34. The van der Waals surface area contributed by atoms with Crippen LogP contribution in [0.15, 0.2) is 23.0 Å². The minimum Gasteiger partial charge on any atom is -0.452 e. The van der Waals surface area contributed by atoms with E-state index in [0.717, 1.165) is 25.7 Å². The number of benzene rings is 1. The lowest BCUT2D eigenvalue weighted by Crippen LogP contribution is -2.36. The molecular formula is C20H24N4O5. The van der Waals surface area contributed by atoms with Gasteiger partial charge >= 0.3 is 11.7 Å². The van der Waals surface area contributed by atoms with Gasteiger partial charge in [0.15, 0.2) is 6.10 Å². The molecule has 2 amide bonds. The number of hydrogen-bond donors (Lipinski definition) is 3. The van der Waals surface area contributed by atoms with Crippen molar-refractivity contribution in [3.05, 3.63) is 28.7 Å². The van der Waals surface area contributed by atoms with Crippen LogP contribution in [0, 0.1) is 5.92 Å². The van der Waals surface area contributed by atoms with Crippen LogP contribution in [0.5, 0.6) is 0 Å². The molecular weight excluding hydrogens is 376 g/mol. The zero-order valence-corrected chi connectivity index (χ0v) is 16.2. The zero-order valence-electron chi connectivity index (χ0n) is 16.2. The van der Waals surface area contributed by atoms with Crippen molar-refractivity contribution >= 4 is 34.5 Å². The monoisotopic (exact) mass is 400 g/mol. The standard InChI is InChI=1S/C20H24N4O5/c1-11(18(26)21-13-6-7-15-16(9-13)23-20(28)22-15)29-19(27)12-8-17(25)24(10-12)14-4-2-3-5-14/h6-7,9,11-12,14H,2-5,8,10H2,1H3,(H,21,26)(H2,22,23,28)/t11-,12+/m0/s1. The molecule has 3 N–H and O–H groups in total. The Morgan fingerprint density at radius 3 is 2.66 bits per heavy atom. The fourth-order valence-electron chi connectivity index (χ4n) is 4.14. The minimum absolute atomic E-state index is 0.00949. The van der Waals surface area contributed by atoms with Crippen molar-refractivity contribution in [2.45, 2.75) is 51.2 Å². The average Bonchev–Trinajstić information content (AvgIpc) is 3.39. The summed E-state index contributed by atoms with van der Waals surface area (Å²) in [6.07, 6.45) is 3.35. The highest BCUT2D eigenvalue weighted by molar-refractivity contribution is 5.97. The number of nitrogens with one attached hydrogen (secondary N) is 3. The molecule has 4 rings (SSSR count). The number of likely N-dealkylation sites (tertiary alicyclic amines) is 1. The second-order valence-electron chi connectivity index (χ2n) is 7.79. The molecule has 1 aliphatic carbocycles. The number of H-pyrrole nitrogens is 2. The first kappa shape index (κ1) is 19.2. The van der Waals surface area contributed by atoms with E-state index in [-0.39, 0.29) is 24.1 Å². The smallest absolute Gasteiger partial charge is 0.323 e. The van der Waals surface area contributed by atoms with Crippen LogP contribution in [0.4, 0.5) is 5.69 Å². The summed E-state index contributed by atoms with van der Waals surface area (Å²) in [6.45, 7) is 1.86. The molecule has 29 heavy (non-hydrogen) atoms. The summed E-state index contributed by atoms with van der Waals surface area (Å²) in [6, 6.07) is 5.17. The molecule has 9 heteroatoms. The predicted octanol–water partition coefficient (Wildman–Crippen LogP) is 1.52. The number of carbonyl (C=O) groups is 3. The normalized spacial score (nSPS) is 20.9. The number of esters is 1. The Balaban J connectivity index is 1.33. The number of carbonyl (C=O) groups excluding carboxylic acids is 3. The lowest BCUT2D eigenvalue weighted by atomic mass is 10.1. The van der Waals surface area contributed by atoms with E-state index in [1.54, 1.807) is 23.1 Å². The summed E-state index contributed by atoms with van der Waals surface area (Å²) < 4.78 is 5.33. The summed E-state index contributed by atoms with van der Waals surface area (Å²) in [4.78, 5) is 55.5. The van der Waals surface area contributed by atoms with E-state index in [0.29, 0.717) is 23.3 Å². The van der Waals surface area contributed by atoms with E-state index in [4.69, 9.17) is 4.74 Å². The highest BCUT2D eigenvalue weighted by Crippen LogP contribution is 2.30. The predicted molar refractivity (Wildman–Crippen MR) is 105 cm³/mol. The third-order valence-corrected chi connectivity index (χ3v) is 5.70. The first-order valence-electron chi connectivity index (χ1n) is 9.93. The lowest BCUT2D eigenvalue weighted by molar-refractivity contribution is -0.157. The molecule has 2 aromatic rings. The van der Waals surface area contributed by atoms with Crippen molar-refractivity contribution in [2.24, 2.45) is 5.92 Å². The van der Waals surface area contributed by atoms with Gasteiger partial charge in [0.2, 0.25) is 5.91 Å². The van der Waals surface area contributed by atoms with Crippen molar-refractivity contribution in [3.8, 4) is 0 Å². The molecule has 1 saturated heterocycles. The van der Waals surface area contributed by atoms with E-state index in [1.165, 1.54) is 6.92 Å². The van der Waals surface area contributed by atoms with Crippen LogP contribution in [-0.4, -0.2) is 51.3 Å². The second kappa shape index (κ2) is 7.73. The van der Waals surface area contributed by atoms with Crippen LogP contribution < -0.4 is 11.0 Å². The summed E-state index contributed by atoms with van der Waals surface area (Å²) in [7, 11) is 0. The molecule has 0 radical (unpaired) electrons. The largest absolute Gasteiger partial charge is 0.452 e. The second-order valence-corrected chi connectivity index (χ2v) is 7.79. The maximum Gasteiger partial charge on any atom is 0.323 e. The van der Waals surface area contributed by atoms with Gasteiger partial charge < -0.3 is 24.9 Å². The van der Waals surface area contributed by atoms with Crippen molar-refractivity contribution in [2.75, 3.05) is 11.9 Å². The van der Waals surface area contributed by atoms with Gasteiger partial charge in [-0.15, -0.1) is 0 Å². The number of nitrogens with zero attached hydrogens (tertiary/aromatic N) is 1. The molecule has 2 fully saturated rings. The molecule has 0 spiro atoms. The highest BCUT2D eigenvalue weighted by Gasteiger charge is 2.40. The van der Waals surface area contributed by atoms with E-state index in [2.05, 4.69) is 15.3 Å². The number of aromatic nitrogens is 2. The van der Waals surface area contributed by atoms with Crippen LogP contribution in [0.1, 0.15) is 39.0 Å². The number of aromatic amines is 2. The van der Waals surface area contributed by atoms with Crippen molar-refractivity contribution < 1.29 is 19.1 Å². The Morgan fingerprint density at radius 1 is 1.17 bits per heavy atom. The van der Waals surface area contributed by atoms with E-state index < -0.39 is 23.9 Å². The minimum atomic E-state index is -1.00. The highest BCUT2D eigenvalue weighted by atomic mass is 16.5. The fraction of sp³-hybridized carbons (Fsp3) is 0.500. The molecule has 1 aromatic heterocycles. The maximum absolute atomic E-state index is 12.5. The Kier molecular flexibility index (Phi) is 5.12. The van der Waals surface area contributed by atoms with Crippen molar-refractivity contribution in [1.29, 1.82) is 0 Å². The third kappa shape index (κ3) is 4.03. The van der Waals surface area contributed by atoms with Gasteiger partial charge in [-0.1, -0.05) is 12.8 Å². The molecule has 0 unspecified atom stereocenters. The van der Waals surface area contributed by atoms with Crippen LogP contribution >= 0.6 is 0 Å². The number of rotatable bonds is 5. The molecule has 0 bridgehead atoms. The Morgan fingerprint density at radius 2 is 1.90 bits per heavy atom. The van der Waals surface area contributed by atoms with Crippen molar-refractivity contribution in [3.63, 3.8) is 0 Å². The SMILES string of the molecule is C[C@H](OC(=O)[C@@H]1CC(=O)N(C2CCCC2)C1)C(=O)Nc1ccc2[nH]c(=O)[nH]c2c1.